The zero-order chi connectivity index (χ0) is 18.2. The smallest absolute Gasteiger partial charge is 0.206 e. The van der Waals surface area contributed by atoms with E-state index in [1.165, 1.54) is 0 Å². The fourth-order valence-electron chi connectivity index (χ4n) is 3.06. The summed E-state index contributed by atoms with van der Waals surface area (Å²) in [5.41, 5.74) is 4.57. The molecule has 0 radical (unpaired) electrons. The van der Waals surface area contributed by atoms with Crippen LogP contribution in [0.5, 0.6) is 0 Å². The van der Waals surface area contributed by atoms with Crippen LogP contribution >= 0.6 is 24.4 Å². The maximum Gasteiger partial charge on any atom is 0.206 e. The number of tetrazole rings is 1. The summed E-state index contributed by atoms with van der Waals surface area (Å²) >= 11 is 6.67. The monoisotopic (exact) mass is 393 g/mol. The Morgan fingerprint density at radius 3 is 2.63 bits per heavy atom. The maximum atomic E-state index is 4.84. The summed E-state index contributed by atoms with van der Waals surface area (Å²) in [5.74, 6) is 0.531. The van der Waals surface area contributed by atoms with Crippen molar-refractivity contribution in [2.45, 2.75) is 15.0 Å². The molecule has 3 heterocycles. The molecule has 0 amide bonds. The Morgan fingerprint density at radius 2 is 1.89 bits per heavy atom. The first-order valence-corrected chi connectivity index (χ1v) is 9.80. The Kier molecular flexibility index (Phi) is 4.27. The third kappa shape index (κ3) is 3.07. The molecule has 27 heavy (non-hydrogen) atoms. The predicted molar refractivity (Wildman–Crippen MR) is 108 cm³/mol. The minimum Gasteiger partial charge on any atom is -0.314 e. The van der Waals surface area contributed by atoms with Crippen LogP contribution in [0.15, 0.2) is 52.5 Å². The molecular formula is C18H15N7S2. The van der Waals surface area contributed by atoms with E-state index in [1.807, 2.05) is 30.0 Å². The van der Waals surface area contributed by atoms with E-state index < -0.39 is 0 Å². The van der Waals surface area contributed by atoms with Crippen LogP contribution in [0.2, 0.25) is 0 Å². The zero-order valence-electron chi connectivity index (χ0n) is 14.1. The standard InChI is InChI=1S/C18H15N7S2/c26-17-15(27-11-8-19-9-11)4-2-12(16(17)18-22-24-25-23-18)10-1-3-13-14(7-10)21-6-5-20-13/h1-7,11,19,26H,8-9H2,(H,22,23,24,25). The van der Waals surface area contributed by atoms with E-state index >= 15 is 0 Å². The van der Waals surface area contributed by atoms with Crippen molar-refractivity contribution in [3.05, 3.63) is 42.7 Å². The first-order chi connectivity index (χ1) is 13.3. The molecule has 0 bridgehead atoms. The van der Waals surface area contributed by atoms with Crippen molar-refractivity contribution in [2.75, 3.05) is 13.1 Å². The summed E-state index contributed by atoms with van der Waals surface area (Å²) in [7, 11) is 0. The lowest BCUT2D eigenvalue weighted by molar-refractivity contribution is 0.543. The average Bonchev–Trinajstić information content (AvgIpc) is 3.19. The number of aromatic amines is 1. The fourth-order valence-corrected chi connectivity index (χ4v) is 4.63. The minimum absolute atomic E-state index is 0.531. The normalized spacial score (nSPS) is 14.4. The maximum absolute atomic E-state index is 4.84. The van der Waals surface area contributed by atoms with Gasteiger partial charge in [-0.05, 0) is 34.5 Å². The second-order valence-electron chi connectivity index (χ2n) is 6.23. The largest absolute Gasteiger partial charge is 0.314 e. The molecule has 5 rings (SSSR count). The highest BCUT2D eigenvalue weighted by Crippen LogP contribution is 2.42. The molecule has 1 fully saturated rings. The van der Waals surface area contributed by atoms with Gasteiger partial charge in [0.05, 0.1) is 11.0 Å². The van der Waals surface area contributed by atoms with Crippen LogP contribution in [0, 0.1) is 0 Å². The van der Waals surface area contributed by atoms with Crippen LogP contribution in [0.25, 0.3) is 33.5 Å². The zero-order valence-corrected chi connectivity index (χ0v) is 15.8. The van der Waals surface area contributed by atoms with E-state index in [9.17, 15) is 0 Å². The van der Waals surface area contributed by atoms with Crippen molar-refractivity contribution in [3.63, 3.8) is 0 Å². The summed E-state index contributed by atoms with van der Waals surface area (Å²) in [4.78, 5) is 10.7. The topological polar surface area (TPSA) is 92.3 Å². The van der Waals surface area contributed by atoms with E-state index in [1.54, 1.807) is 12.4 Å². The van der Waals surface area contributed by atoms with Crippen LogP contribution in [0.1, 0.15) is 0 Å². The number of nitrogens with zero attached hydrogens (tertiary/aromatic N) is 5. The van der Waals surface area contributed by atoms with E-state index in [-0.39, 0.29) is 0 Å². The number of aromatic nitrogens is 6. The highest BCUT2D eigenvalue weighted by Gasteiger charge is 2.23. The second-order valence-corrected chi connectivity index (χ2v) is 8.02. The molecule has 2 aromatic heterocycles. The molecule has 9 heteroatoms. The molecule has 1 saturated heterocycles. The number of hydrogen-bond donors (Lipinski definition) is 3. The van der Waals surface area contributed by atoms with Gasteiger partial charge in [0.25, 0.3) is 0 Å². The molecule has 2 aromatic carbocycles. The molecule has 0 saturated carbocycles. The van der Waals surface area contributed by atoms with Crippen LogP contribution < -0.4 is 5.32 Å². The molecule has 0 atom stereocenters. The third-order valence-electron chi connectivity index (χ3n) is 4.53. The first-order valence-electron chi connectivity index (χ1n) is 8.48. The predicted octanol–water partition coefficient (Wildman–Crippen LogP) is 2.83. The summed E-state index contributed by atoms with van der Waals surface area (Å²) in [6, 6.07) is 10.2. The number of thioether (sulfide) groups is 1. The fraction of sp³-hybridized carbons (Fsp3) is 0.167. The Bertz CT molecular complexity index is 1110. The lowest BCUT2D eigenvalue weighted by atomic mass is 9.98. The van der Waals surface area contributed by atoms with Crippen molar-refractivity contribution in [2.24, 2.45) is 0 Å². The lowest BCUT2D eigenvalue weighted by Gasteiger charge is -2.27. The minimum atomic E-state index is 0.531. The van der Waals surface area contributed by atoms with Crippen LogP contribution in [0.3, 0.4) is 0 Å². The molecule has 0 spiro atoms. The van der Waals surface area contributed by atoms with Crippen molar-refractivity contribution >= 4 is 35.4 Å². The molecule has 2 N–H and O–H groups in total. The lowest BCUT2D eigenvalue weighted by Crippen LogP contribution is -2.44. The van der Waals surface area contributed by atoms with Gasteiger partial charge >= 0.3 is 0 Å². The van der Waals surface area contributed by atoms with Gasteiger partial charge in [-0.1, -0.05) is 12.1 Å². The Hall–Kier alpha value is -2.49. The van der Waals surface area contributed by atoms with Crippen molar-refractivity contribution in [3.8, 4) is 22.5 Å². The van der Waals surface area contributed by atoms with Crippen LogP contribution in [-0.4, -0.2) is 48.9 Å². The van der Waals surface area contributed by atoms with Crippen LogP contribution in [0.4, 0.5) is 0 Å². The van der Waals surface area contributed by atoms with Crippen molar-refractivity contribution < 1.29 is 0 Å². The van der Waals surface area contributed by atoms with Gasteiger partial charge in [0.1, 0.15) is 0 Å². The molecule has 134 valence electrons. The van der Waals surface area contributed by atoms with Gasteiger partial charge in [-0.25, -0.2) is 0 Å². The number of thiol groups is 1. The number of rotatable bonds is 4. The molecule has 1 aliphatic heterocycles. The van der Waals surface area contributed by atoms with Crippen molar-refractivity contribution in [1.29, 1.82) is 0 Å². The number of H-pyrrole nitrogens is 1. The van der Waals surface area contributed by atoms with E-state index in [0.717, 1.165) is 50.6 Å². The summed E-state index contributed by atoms with van der Waals surface area (Å²) in [5, 5.41) is 18.5. The van der Waals surface area contributed by atoms with E-state index in [4.69, 9.17) is 12.6 Å². The molecule has 0 aliphatic carbocycles. The molecule has 0 unspecified atom stereocenters. The van der Waals surface area contributed by atoms with E-state index in [0.29, 0.717) is 11.1 Å². The van der Waals surface area contributed by atoms with Gasteiger partial charge < -0.3 is 5.32 Å². The first kappa shape index (κ1) is 16.7. The van der Waals surface area contributed by atoms with Gasteiger partial charge in [-0.2, -0.15) is 5.21 Å². The second kappa shape index (κ2) is 6.91. The summed E-state index contributed by atoms with van der Waals surface area (Å²) < 4.78 is 0. The molecule has 7 nitrogen and oxygen atoms in total. The number of benzene rings is 2. The highest BCUT2D eigenvalue weighted by molar-refractivity contribution is 8.00. The SMILES string of the molecule is Sc1c(SC2CNC2)ccc(-c2ccc3nccnc3c2)c1-c1nn[nH]n1. The molecular weight excluding hydrogens is 378 g/mol. The summed E-state index contributed by atoms with van der Waals surface area (Å²) in [6.07, 6.45) is 3.39. The Labute approximate surface area is 164 Å². The van der Waals surface area contributed by atoms with E-state index in [2.05, 4.69) is 48.0 Å². The number of hydrogen-bond acceptors (Lipinski definition) is 8. The Balaban J connectivity index is 1.67. The number of nitrogens with one attached hydrogen (secondary N) is 2. The van der Waals surface area contributed by atoms with Gasteiger partial charge in [-0.3, -0.25) is 9.97 Å². The van der Waals surface area contributed by atoms with Gasteiger partial charge in [0.2, 0.25) is 5.82 Å². The molecule has 4 aromatic rings. The summed E-state index contributed by atoms with van der Waals surface area (Å²) in [6.45, 7) is 2.03. The number of fused-ring (bicyclic) bond motifs is 1. The highest BCUT2D eigenvalue weighted by atomic mass is 32.2. The third-order valence-corrected chi connectivity index (χ3v) is 6.40. The quantitative estimate of drug-likeness (QED) is 0.459. The van der Waals surface area contributed by atoms with Gasteiger partial charge in [0, 0.05) is 46.1 Å². The van der Waals surface area contributed by atoms with Gasteiger partial charge in [-0.15, -0.1) is 34.6 Å². The van der Waals surface area contributed by atoms with Gasteiger partial charge in [0.15, 0.2) is 0 Å². The average molecular weight is 394 g/mol. The molecule has 1 aliphatic rings. The van der Waals surface area contributed by atoms with Crippen LogP contribution in [-0.2, 0) is 0 Å². The Morgan fingerprint density at radius 1 is 1.04 bits per heavy atom. The van der Waals surface area contributed by atoms with Crippen molar-refractivity contribution in [1.82, 2.24) is 35.9 Å².